The standard InChI is InChI=1S/C12H18F3N3O/c1-2-16-11-5-3-4-10(17-11)8-18(6-7-19)9-12(13,14)15/h3-5,19H,2,6-9H2,1H3,(H,16,17). The summed E-state index contributed by atoms with van der Waals surface area (Å²) >= 11 is 0. The van der Waals surface area contributed by atoms with Gasteiger partial charge >= 0.3 is 6.18 Å². The zero-order valence-corrected chi connectivity index (χ0v) is 10.7. The normalized spacial score (nSPS) is 11.9. The van der Waals surface area contributed by atoms with Crippen LogP contribution in [0.2, 0.25) is 0 Å². The summed E-state index contributed by atoms with van der Waals surface area (Å²) in [5, 5.41) is 11.8. The average molecular weight is 277 g/mol. The predicted molar refractivity (Wildman–Crippen MR) is 66.8 cm³/mol. The largest absolute Gasteiger partial charge is 0.401 e. The van der Waals surface area contributed by atoms with Crippen LogP contribution in [-0.2, 0) is 6.54 Å². The Bertz CT molecular complexity index is 385. The fourth-order valence-electron chi connectivity index (χ4n) is 1.69. The molecule has 0 amide bonds. The van der Waals surface area contributed by atoms with Crippen molar-refractivity contribution in [1.82, 2.24) is 9.88 Å². The number of aliphatic hydroxyl groups excluding tert-OH is 1. The van der Waals surface area contributed by atoms with E-state index < -0.39 is 12.7 Å². The molecule has 7 heteroatoms. The highest BCUT2D eigenvalue weighted by molar-refractivity contribution is 5.34. The van der Waals surface area contributed by atoms with Gasteiger partial charge in [0.25, 0.3) is 0 Å². The van der Waals surface area contributed by atoms with Gasteiger partial charge in [-0.3, -0.25) is 4.90 Å². The summed E-state index contributed by atoms with van der Waals surface area (Å²) in [6.45, 7) is 1.25. The van der Waals surface area contributed by atoms with E-state index in [1.165, 1.54) is 0 Å². The number of aromatic nitrogens is 1. The van der Waals surface area contributed by atoms with Crippen LogP contribution in [0.15, 0.2) is 18.2 Å². The zero-order valence-electron chi connectivity index (χ0n) is 10.7. The monoisotopic (exact) mass is 277 g/mol. The van der Waals surface area contributed by atoms with Gasteiger partial charge < -0.3 is 10.4 Å². The number of alkyl halides is 3. The van der Waals surface area contributed by atoms with Crippen molar-refractivity contribution in [3.8, 4) is 0 Å². The second-order valence-electron chi connectivity index (χ2n) is 4.09. The van der Waals surface area contributed by atoms with Crippen molar-refractivity contribution in [2.45, 2.75) is 19.6 Å². The van der Waals surface area contributed by atoms with Crippen LogP contribution in [0.1, 0.15) is 12.6 Å². The molecule has 1 rings (SSSR count). The molecule has 1 aromatic heterocycles. The quantitative estimate of drug-likeness (QED) is 0.799. The number of nitrogens with zero attached hydrogens (tertiary/aromatic N) is 2. The molecule has 0 saturated heterocycles. The van der Waals surface area contributed by atoms with Gasteiger partial charge in [0.05, 0.1) is 18.8 Å². The lowest BCUT2D eigenvalue weighted by atomic mass is 10.3. The Kier molecular flexibility index (Phi) is 6.04. The van der Waals surface area contributed by atoms with Crippen molar-refractivity contribution in [2.75, 3.05) is 31.6 Å². The fraction of sp³-hybridized carbons (Fsp3) is 0.583. The molecule has 0 aliphatic rings. The first-order valence-corrected chi connectivity index (χ1v) is 6.04. The number of nitrogens with one attached hydrogen (secondary N) is 1. The van der Waals surface area contributed by atoms with Crippen LogP contribution >= 0.6 is 0 Å². The predicted octanol–water partition coefficient (Wildman–Crippen LogP) is 1.87. The molecule has 1 heterocycles. The summed E-state index contributed by atoms with van der Waals surface area (Å²) in [4.78, 5) is 5.34. The van der Waals surface area contributed by atoms with Crippen LogP contribution in [0.25, 0.3) is 0 Å². The molecule has 0 atom stereocenters. The van der Waals surface area contributed by atoms with Gasteiger partial charge in [0.1, 0.15) is 5.82 Å². The zero-order chi connectivity index (χ0) is 14.3. The number of aliphatic hydroxyl groups is 1. The Balaban J connectivity index is 2.69. The van der Waals surface area contributed by atoms with Gasteiger partial charge in [-0.25, -0.2) is 4.98 Å². The number of pyridine rings is 1. The maximum atomic E-state index is 12.4. The second-order valence-corrected chi connectivity index (χ2v) is 4.09. The van der Waals surface area contributed by atoms with E-state index >= 15 is 0 Å². The van der Waals surface area contributed by atoms with Crippen LogP contribution in [0.3, 0.4) is 0 Å². The van der Waals surface area contributed by atoms with E-state index in [1.54, 1.807) is 18.2 Å². The first kappa shape index (κ1) is 15.7. The molecule has 0 aromatic carbocycles. The van der Waals surface area contributed by atoms with Gasteiger partial charge in [-0.05, 0) is 19.1 Å². The van der Waals surface area contributed by atoms with Crippen LogP contribution in [0.4, 0.5) is 19.0 Å². The summed E-state index contributed by atoms with van der Waals surface area (Å²) < 4.78 is 37.1. The molecule has 4 nitrogen and oxygen atoms in total. The van der Waals surface area contributed by atoms with Crippen molar-refractivity contribution >= 4 is 5.82 Å². The summed E-state index contributed by atoms with van der Waals surface area (Å²) in [5.74, 6) is 0.635. The Morgan fingerprint density at radius 3 is 2.68 bits per heavy atom. The maximum absolute atomic E-state index is 12.4. The van der Waals surface area contributed by atoms with Crippen LogP contribution in [-0.4, -0.2) is 47.4 Å². The summed E-state index contributed by atoms with van der Waals surface area (Å²) in [7, 11) is 0. The van der Waals surface area contributed by atoms with E-state index in [2.05, 4.69) is 10.3 Å². The molecule has 108 valence electrons. The maximum Gasteiger partial charge on any atom is 0.401 e. The molecule has 0 spiro atoms. The highest BCUT2D eigenvalue weighted by Gasteiger charge is 2.30. The molecular formula is C12H18F3N3O. The Morgan fingerprint density at radius 1 is 1.37 bits per heavy atom. The lowest BCUT2D eigenvalue weighted by Gasteiger charge is -2.22. The van der Waals surface area contributed by atoms with E-state index in [0.29, 0.717) is 18.1 Å². The molecule has 0 aliphatic carbocycles. The second kappa shape index (κ2) is 7.30. The topological polar surface area (TPSA) is 48.4 Å². The first-order chi connectivity index (χ1) is 8.94. The van der Waals surface area contributed by atoms with Crippen molar-refractivity contribution in [3.05, 3.63) is 23.9 Å². The van der Waals surface area contributed by atoms with E-state index in [9.17, 15) is 13.2 Å². The third-order valence-electron chi connectivity index (χ3n) is 2.37. The number of rotatable bonds is 7. The van der Waals surface area contributed by atoms with Gasteiger partial charge in [-0.2, -0.15) is 13.2 Å². The minimum atomic E-state index is -4.28. The van der Waals surface area contributed by atoms with E-state index in [0.717, 1.165) is 4.90 Å². The number of hydrogen-bond acceptors (Lipinski definition) is 4. The highest BCUT2D eigenvalue weighted by atomic mass is 19.4. The van der Waals surface area contributed by atoms with E-state index in [-0.39, 0.29) is 19.7 Å². The minimum Gasteiger partial charge on any atom is -0.395 e. The summed E-state index contributed by atoms with van der Waals surface area (Å²) in [6, 6.07) is 5.17. The Labute approximate surface area is 110 Å². The lowest BCUT2D eigenvalue weighted by molar-refractivity contribution is -0.148. The van der Waals surface area contributed by atoms with Crippen LogP contribution in [0.5, 0.6) is 0 Å². The first-order valence-electron chi connectivity index (χ1n) is 6.04. The molecule has 0 bridgehead atoms. The molecule has 0 aliphatic heterocycles. The van der Waals surface area contributed by atoms with Crippen molar-refractivity contribution in [1.29, 1.82) is 0 Å². The van der Waals surface area contributed by atoms with Gasteiger partial charge in [0.2, 0.25) is 0 Å². The number of halogens is 3. The number of hydrogen-bond donors (Lipinski definition) is 2. The van der Waals surface area contributed by atoms with Gasteiger partial charge in [-0.1, -0.05) is 6.07 Å². The SMILES string of the molecule is CCNc1cccc(CN(CCO)CC(F)(F)F)n1. The summed E-state index contributed by atoms with van der Waals surface area (Å²) in [6.07, 6.45) is -4.28. The molecule has 0 fully saturated rings. The smallest absolute Gasteiger partial charge is 0.395 e. The molecule has 0 unspecified atom stereocenters. The molecule has 0 radical (unpaired) electrons. The van der Waals surface area contributed by atoms with Crippen molar-refractivity contribution < 1.29 is 18.3 Å². The lowest BCUT2D eigenvalue weighted by Crippen LogP contribution is -2.36. The minimum absolute atomic E-state index is 0.0351. The van der Waals surface area contributed by atoms with Crippen LogP contribution < -0.4 is 5.32 Å². The molecule has 19 heavy (non-hydrogen) atoms. The van der Waals surface area contributed by atoms with Gasteiger partial charge in [-0.15, -0.1) is 0 Å². The van der Waals surface area contributed by atoms with E-state index in [4.69, 9.17) is 5.11 Å². The van der Waals surface area contributed by atoms with Gasteiger partial charge in [0.15, 0.2) is 0 Å². The molecular weight excluding hydrogens is 259 g/mol. The molecule has 0 saturated carbocycles. The van der Waals surface area contributed by atoms with Crippen molar-refractivity contribution in [3.63, 3.8) is 0 Å². The fourth-order valence-corrected chi connectivity index (χ4v) is 1.69. The third kappa shape index (κ3) is 6.40. The Morgan fingerprint density at radius 2 is 2.11 bits per heavy atom. The molecule has 1 aromatic rings. The van der Waals surface area contributed by atoms with E-state index in [1.807, 2.05) is 6.92 Å². The van der Waals surface area contributed by atoms with Crippen molar-refractivity contribution in [2.24, 2.45) is 0 Å². The number of anilines is 1. The Hall–Kier alpha value is -1.34. The average Bonchev–Trinajstić information content (AvgIpc) is 2.28. The highest BCUT2D eigenvalue weighted by Crippen LogP contribution is 2.17. The van der Waals surface area contributed by atoms with Gasteiger partial charge in [0, 0.05) is 19.6 Å². The summed E-state index contributed by atoms with van der Waals surface area (Å²) in [5.41, 5.74) is 0.538. The molecule has 2 N–H and O–H groups in total. The third-order valence-corrected chi connectivity index (χ3v) is 2.37. The van der Waals surface area contributed by atoms with Crippen LogP contribution in [0, 0.1) is 0 Å².